The van der Waals surface area contributed by atoms with Gasteiger partial charge in [-0.1, -0.05) is 30.3 Å². The van der Waals surface area contributed by atoms with Gasteiger partial charge in [-0.25, -0.2) is 0 Å². The van der Waals surface area contributed by atoms with E-state index in [0.29, 0.717) is 17.3 Å². The van der Waals surface area contributed by atoms with Gasteiger partial charge in [0.15, 0.2) is 5.11 Å². The maximum absolute atomic E-state index is 12.1. The molecular weight excluding hydrogens is 320 g/mol. The van der Waals surface area contributed by atoms with Gasteiger partial charge in [0.2, 0.25) is 0 Å². The number of carbonyl (C=O) groups excluding carboxylic acids is 1. The standard InChI is InChI=1S/C19H22N2O2S/c1-14(2)20-19(24)21-18(22)16-8-10-17(11-9-16)23-13-12-15-6-4-3-5-7-15/h3-11,14H,12-13H2,1-2H3,(H2,20,21,22,24). The predicted molar refractivity (Wildman–Crippen MR) is 100 cm³/mol. The van der Waals surface area contributed by atoms with Crippen LogP contribution in [0.15, 0.2) is 54.6 Å². The third-order valence-electron chi connectivity index (χ3n) is 3.27. The van der Waals surface area contributed by atoms with E-state index in [0.717, 1.165) is 12.2 Å². The van der Waals surface area contributed by atoms with Crippen molar-refractivity contribution in [1.29, 1.82) is 0 Å². The molecule has 0 fully saturated rings. The largest absolute Gasteiger partial charge is 0.493 e. The van der Waals surface area contributed by atoms with E-state index in [4.69, 9.17) is 17.0 Å². The number of benzene rings is 2. The highest BCUT2D eigenvalue weighted by Gasteiger charge is 2.08. The minimum Gasteiger partial charge on any atom is -0.493 e. The Hall–Kier alpha value is -2.40. The van der Waals surface area contributed by atoms with Crippen LogP contribution in [-0.4, -0.2) is 23.7 Å². The molecule has 0 heterocycles. The van der Waals surface area contributed by atoms with Gasteiger partial charge in [-0.3, -0.25) is 10.1 Å². The van der Waals surface area contributed by atoms with E-state index in [1.807, 2.05) is 32.0 Å². The Labute approximate surface area is 148 Å². The smallest absolute Gasteiger partial charge is 0.257 e. The van der Waals surface area contributed by atoms with Gasteiger partial charge in [0.05, 0.1) is 6.61 Å². The van der Waals surface area contributed by atoms with Crippen molar-refractivity contribution in [3.05, 3.63) is 65.7 Å². The SMILES string of the molecule is CC(C)NC(=S)NC(=O)c1ccc(OCCc2ccccc2)cc1. The molecule has 0 aromatic heterocycles. The van der Waals surface area contributed by atoms with Crippen molar-refractivity contribution >= 4 is 23.2 Å². The van der Waals surface area contributed by atoms with Crippen LogP contribution < -0.4 is 15.4 Å². The second-order valence-electron chi connectivity index (χ2n) is 5.69. The minimum atomic E-state index is -0.232. The number of nitrogens with one attached hydrogen (secondary N) is 2. The summed E-state index contributed by atoms with van der Waals surface area (Å²) in [6.45, 7) is 4.51. The number of rotatable bonds is 6. The molecule has 1 amide bonds. The number of hydrogen-bond acceptors (Lipinski definition) is 3. The third-order valence-corrected chi connectivity index (χ3v) is 3.49. The van der Waals surface area contributed by atoms with Crippen molar-refractivity contribution in [3.63, 3.8) is 0 Å². The van der Waals surface area contributed by atoms with Crippen molar-refractivity contribution < 1.29 is 9.53 Å². The number of carbonyl (C=O) groups is 1. The van der Waals surface area contributed by atoms with Crippen LogP contribution in [0, 0.1) is 0 Å². The lowest BCUT2D eigenvalue weighted by Crippen LogP contribution is -2.42. The molecule has 0 unspecified atom stereocenters. The molecule has 0 radical (unpaired) electrons. The number of ether oxygens (including phenoxy) is 1. The molecule has 0 spiro atoms. The number of hydrogen-bond donors (Lipinski definition) is 2. The fourth-order valence-corrected chi connectivity index (χ4v) is 2.44. The molecule has 2 aromatic carbocycles. The second kappa shape index (κ2) is 9.03. The summed E-state index contributed by atoms with van der Waals surface area (Å²) in [5, 5.41) is 5.96. The highest BCUT2D eigenvalue weighted by Crippen LogP contribution is 2.13. The molecule has 0 atom stereocenters. The topological polar surface area (TPSA) is 50.4 Å². The van der Waals surface area contributed by atoms with Crippen LogP contribution in [0.2, 0.25) is 0 Å². The zero-order chi connectivity index (χ0) is 17.4. The van der Waals surface area contributed by atoms with Gasteiger partial charge >= 0.3 is 0 Å². The average Bonchev–Trinajstić information content (AvgIpc) is 2.55. The van der Waals surface area contributed by atoms with E-state index >= 15 is 0 Å². The third kappa shape index (κ3) is 6.01. The molecule has 24 heavy (non-hydrogen) atoms. The first-order valence-corrected chi connectivity index (χ1v) is 8.34. The molecule has 0 aliphatic heterocycles. The lowest BCUT2D eigenvalue weighted by molar-refractivity contribution is 0.0976. The van der Waals surface area contributed by atoms with E-state index < -0.39 is 0 Å². The Balaban J connectivity index is 1.81. The van der Waals surface area contributed by atoms with Crippen molar-refractivity contribution in [2.24, 2.45) is 0 Å². The second-order valence-corrected chi connectivity index (χ2v) is 6.10. The Morgan fingerprint density at radius 1 is 1.08 bits per heavy atom. The van der Waals surface area contributed by atoms with Crippen LogP contribution in [0.4, 0.5) is 0 Å². The number of amides is 1. The molecule has 2 rings (SSSR count). The van der Waals surface area contributed by atoms with Gasteiger partial charge in [0.25, 0.3) is 5.91 Å². The molecule has 0 bridgehead atoms. The summed E-state index contributed by atoms with van der Waals surface area (Å²) >= 11 is 5.07. The zero-order valence-corrected chi connectivity index (χ0v) is 14.7. The van der Waals surface area contributed by atoms with E-state index in [2.05, 4.69) is 22.8 Å². The van der Waals surface area contributed by atoms with E-state index in [1.54, 1.807) is 24.3 Å². The summed E-state index contributed by atoms with van der Waals surface area (Å²) in [5.74, 6) is 0.509. The normalized spacial score (nSPS) is 10.3. The summed E-state index contributed by atoms with van der Waals surface area (Å²) in [4.78, 5) is 12.1. The molecule has 0 aliphatic rings. The molecule has 0 saturated carbocycles. The van der Waals surface area contributed by atoms with Gasteiger partial charge in [-0.05, 0) is 55.9 Å². The maximum Gasteiger partial charge on any atom is 0.257 e. The van der Waals surface area contributed by atoms with Gasteiger partial charge in [-0.2, -0.15) is 0 Å². The average molecular weight is 342 g/mol. The van der Waals surface area contributed by atoms with Crippen LogP contribution in [0.1, 0.15) is 29.8 Å². The summed E-state index contributed by atoms with van der Waals surface area (Å²) in [6.07, 6.45) is 0.845. The van der Waals surface area contributed by atoms with Gasteiger partial charge in [-0.15, -0.1) is 0 Å². The first-order chi connectivity index (χ1) is 11.5. The molecule has 126 valence electrons. The van der Waals surface area contributed by atoms with E-state index in [1.165, 1.54) is 5.56 Å². The van der Waals surface area contributed by atoms with Gasteiger partial charge in [0.1, 0.15) is 5.75 Å². The fraction of sp³-hybridized carbons (Fsp3) is 0.263. The summed E-state index contributed by atoms with van der Waals surface area (Å²) < 4.78 is 5.71. The quantitative estimate of drug-likeness (QED) is 0.791. The molecule has 4 nitrogen and oxygen atoms in total. The van der Waals surface area contributed by atoms with Crippen LogP contribution in [0.3, 0.4) is 0 Å². The minimum absolute atomic E-state index is 0.179. The summed E-state index contributed by atoms with van der Waals surface area (Å²) in [7, 11) is 0. The monoisotopic (exact) mass is 342 g/mol. The molecule has 2 aromatic rings. The van der Waals surface area contributed by atoms with Gasteiger partial charge in [0, 0.05) is 18.0 Å². The Kier molecular flexibility index (Phi) is 6.75. The van der Waals surface area contributed by atoms with E-state index in [9.17, 15) is 4.79 Å². The van der Waals surface area contributed by atoms with Crippen molar-refractivity contribution in [2.75, 3.05) is 6.61 Å². The van der Waals surface area contributed by atoms with Crippen LogP contribution >= 0.6 is 12.2 Å². The molecule has 2 N–H and O–H groups in total. The first-order valence-electron chi connectivity index (χ1n) is 7.93. The first kappa shape index (κ1) is 17.9. The van der Waals surface area contributed by atoms with Crippen LogP contribution in [0.25, 0.3) is 0 Å². The lowest BCUT2D eigenvalue weighted by atomic mass is 10.2. The Bertz CT molecular complexity index is 670. The highest BCUT2D eigenvalue weighted by molar-refractivity contribution is 7.80. The molecule has 5 heteroatoms. The van der Waals surface area contributed by atoms with Crippen molar-refractivity contribution in [2.45, 2.75) is 26.3 Å². The molecule has 0 saturated heterocycles. The van der Waals surface area contributed by atoms with Crippen molar-refractivity contribution in [1.82, 2.24) is 10.6 Å². The van der Waals surface area contributed by atoms with Crippen molar-refractivity contribution in [3.8, 4) is 5.75 Å². The summed E-state index contributed by atoms with van der Waals surface area (Å²) in [5.41, 5.74) is 1.78. The maximum atomic E-state index is 12.1. The molecular formula is C19H22N2O2S. The lowest BCUT2D eigenvalue weighted by Gasteiger charge is -2.12. The fourth-order valence-electron chi connectivity index (χ4n) is 2.11. The highest BCUT2D eigenvalue weighted by atomic mass is 32.1. The Morgan fingerprint density at radius 3 is 2.38 bits per heavy atom. The van der Waals surface area contributed by atoms with Crippen LogP contribution in [-0.2, 0) is 6.42 Å². The van der Waals surface area contributed by atoms with Crippen LogP contribution in [0.5, 0.6) is 5.75 Å². The Morgan fingerprint density at radius 2 is 1.75 bits per heavy atom. The van der Waals surface area contributed by atoms with E-state index in [-0.39, 0.29) is 11.9 Å². The summed E-state index contributed by atoms with van der Waals surface area (Å²) in [6, 6.07) is 17.4. The van der Waals surface area contributed by atoms with Gasteiger partial charge < -0.3 is 10.1 Å². The zero-order valence-electron chi connectivity index (χ0n) is 13.9. The number of thiocarbonyl (C=S) groups is 1. The predicted octanol–water partition coefficient (Wildman–Crippen LogP) is 3.32. The molecule has 0 aliphatic carbocycles.